The molecule has 0 fully saturated rings. The Morgan fingerprint density at radius 2 is 1.13 bits per heavy atom. The number of anilines is 4. The van der Waals surface area contributed by atoms with Crippen LogP contribution in [-0.2, 0) is 40.5 Å². The molecular formula is C36H29N9O13S4. The third kappa shape index (κ3) is 9.94. The predicted octanol–water partition coefficient (Wildman–Crippen LogP) is 6.07. The number of nitrogens with two attached hydrogens (primary N) is 3. The molecule has 0 heterocycles. The van der Waals surface area contributed by atoms with E-state index in [0.717, 1.165) is 36.4 Å². The Morgan fingerprint density at radius 1 is 0.581 bits per heavy atom. The van der Waals surface area contributed by atoms with Crippen molar-refractivity contribution in [2.24, 2.45) is 25.6 Å². The van der Waals surface area contributed by atoms with Crippen molar-refractivity contribution < 1.29 is 56.7 Å². The molecule has 0 saturated heterocycles. The maximum Gasteiger partial charge on any atom is 0.296 e. The lowest BCUT2D eigenvalue weighted by Gasteiger charge is -2.20. The van der Waals surface area contributed by atoms with Gasteiger partial charge in [-0.05, 0) is 83.4 Å². The van der Waals surface area contributed by atoms with Gasteiger partial charge in [0, 0.05) is 5.69 Å². The molecule has 11 N–H and O–H groups in total. The molecule has 0 radical (unpaired) electrons. The van der Waals surface area contributed by atoms with Gasteiger partial charge in [0.15, 0.2) is 5.71 Å². The Morgan fingerprint density at radius 3 is 1.65 bits per heavy atom. The number of carbonyl (C=O) groups excluding carboxylic acids is 1. The molecule has 6 rings (SSSR count). The number of ketones is 1. The molecule has 1 aliphatic carbocycles. The molecule has 62 heavy (non-hydrogen) atoms. The Labute approximate surface area is 351 Å². The van der Waals surface area contributed by atoms with Crippen LogP contribution in [0.1, 0.15) is 27.0 Å². The van der Waals surface area contributed by atoms with Gasteiger partial charge in [-0.2, -0.15) is 49.0 Å². The second kappa shape index (κ2) is 16.8. The second-order valence-corrected chi connectivity index (χ2v) is 18.3. The fourth-order valence-electron chi connectivity index (χ4n) is 5.69. The Balaban J connectivity index is 1.38. The van der Waals surface area contributed by atoms with E-state index in [-0.39, 0.29) is 28.2 Å². The Hall–Kier alpha value is -7.04. The lowest BCUT2D eigenvalue weighted by molar-refractivity contribution is 0.106. The number of benzene rings is 5. The number of Topliss-reactive ketones (excluding diaryl/α,β-unsaturated/α-hetero) is 1. The van der Waals surface area contributed by atoms with Crippen molar-refractivity contribution >= 4 is 116 Å². The zero-order valence-corrected chi connectivity index (χ0v) is 34.2. The van der Waals surface area contributed by atoms with Crippen LogP contribution in [0.4, 0.5) is 45.5 Å². The Kier molecular flexibility index (Phi) is 12.0. The molecule has 5 aromatic rings. The fraction of sp³-hybridized carbons (Fsp3) is 0. The van der Waals surface area contributed by atoms with Gasteiger partial charge in [-0.1, -0.05) is 42.5 Å². The lowest BCUT2D eigenvalue weighted by atomic mass is 9.92. The number of nitrogen functional groups attached to an aromatic ring is 3. The van der Waals surface area contributed by atoms with Gasteiger partial charge >= 0.3 is 0 Å². The van der Waals surface area contributed by atoms with Crippen LogP contribution in [-0.4, -0.2) is 63.4 Å². The molecule has 320 valence electrons. The quantitative estimate of drug-likeness (QED) is 0.0231. The highest BCUT2D eigenvalue weighted by atomic mass is 32.2. The predicted molar refractivity (Wildman–Crippen MR) is 227 cm³/mol. The molecule has 26 heteroatoms. The van der Waals surface area contributed by atoms with Crippen LogP contribution in [0, 0.1) is 0 Å². The number of fused-ring (bicyclic) bond motifs is 1. The molecule has 0 aromatic heterocycles. The molecule has 22 nitrogen and oxygen atoms in total. The van der Waals surface area contributed by atoms with Crippen LogP contribution >= 0.6 is 0 Å². The molecule has 0 atom stereocenters. The largest absolute Gasteiger partial charge is 0.399 e. The zero-order chi connectivity index (χ0) is 45.4. The first-order chi connectivity index (χ1) is 28.9. The van der Waals surface area contributed by atoms with Gasteiger partial charge in [0.2, 0.25) is 5.78 Å². The van der Waals surface area contributed by atoms with Gasteiger partial charge in [0.05, 0.1) is 34.0 Å². The first kappa shape index (κ1) is 44.5. The van der Waals surface area contributed by atoms with E-state index in [0.29, 0.717) is 23.5 Å². The van der Waals surface area contributed by atoms with E-state index in [1.807, 2.05) is 0 Å². The first-order valence-corrected chi connectivity index (χ1v) is 22.6. The average Bonchev–Trinajstić information content (AvgIpc) is 3.18. The van der Waals surface area contributed by atoms with Crippen molar-refractivity contribution in [3.05, 3.63) is 118 Å². The van der Waals surface area contributed by atoms with Crippen molar-refractivity contribution in [3.63, 3.8) is 0 Å². The highest BCUT2D eigenvalue weighted by Gasteiger charge is 2.37. The van der Waals surface area contributed by atoms with E-state index in [1.54, 1.807) is 18.2 Å². The minimum Gasteiger partial charge on any atom is -0.399 e. The van der Waals surface area contributed by atoms with Gasteiger partial charge in [-0.15, -0.1) is 10.2 Å². The summed E-state index contributed by atoms with van der Waals surface area (Å²) in [6.45, 7) is 0. The van der Waals surface area contributed by atoms with Crippen LogP contribution in [0.15, 0.2) is 136 Å². The van der Waals surface area contributed by atoms with Crippen LogP contribution < -0.4 is 22.6 Å². The highest BCUT2D eigenvalue weighted by Crippen LogP contribution is 2.41. The van der Waals surface area contributed by atoms with E-state index in [9.17, 15) is 56.7 Å². The van der Waals surface area contributed by atoms with Crippen molar-refractivity contribution in [1.82, 2.24) is 0 Å². The van der Waals surface area contributed by atoms with Crippen molar-refractivity contribution in [3.8, 4) is 0 Å². The molecule has 5 aromatic carbocycles. The summed E-state index contributed by atoms with van der Waals surface area (Å²) >= 11 is 0. The normalized spacial score (nSPS) is 14.5. The maximum absolute atomic E-state index is 13.7. The molecule has 1 aliphatic rings. The first-order valence-electron chi connectivity index (χ1n) is 16.9. The summed E-state index contributed by atoms with van der Waals surface area (Å²) in [6.07, 6.45) is 2.84. The third-order valence-electron chi connectivity index (χ3n) is 8.50. The monoisotopic (exact) mass is 923 g/mol. The van der Waals surface area contributed by atoms with E-state index in [4.69, 9.17) is 17.2 Å². The number of hydrogen-bond donors (Lipinski definition) is 8. The molecule has 0 bridgehead atoms. The van der Waals surface area contributed by atoms with Crippen LogP contribution in [0.25, 0.3) is 18.2 Å². The van der Waals surface area contributed by atoms with Crippen LogP contribution in [0.5, 0.6) is 0 Å². The highest BCUT2D eigenvalue weighted by molar-refractivity contribution is 7.91. The number of para-hydroxylation sites is 1. The van der Waals surface area contributed by atoms with Gasteiger partial charge in [0.25, 0.3) is 40.5 Å². The van der Waals surface area contributed by atoms with E-state index < -0.39 is 99.7 Å². The molecule has 0 saturated carbocycles. The number of hydrogen-bond acceptors (Lipinski definition) is 18. The minimum atomic E-state index is -5.29. The summed E-state index contributed by atoms with van der Waals surface area (Å²) < 4.78 is 139. The molecule has 0 aliphatic heterocycles. The van der Waals surface area contributed by atoms with Gasteiger partial charge in [-0.3, -0.25) is 28.4 Å². The molecule has 0 spiro atoms. The van der Waals surface area contributed by atoms with Gasteiger partial charge < -0.3 is 17.2 Å². The standard InChI is InChI=1S/C36H29N9O13S4/c37-22-10-13-27(26(38)16-22)43-41-24-11-8-19(28(17-24)59(47,48)49)6-7-20-9-12-25(18-29(20)60(50,51)52)42-44-34-30(61(53,54)55)14-21-15-31(62(56,57)58)35(36(46)32(21)33(34)39)45-40-23-4-2-1-3-5-23/h1-18,40H,37-39H2,(H,47,48,49)(H,50,51,52)(H,53,54,55)(H,56,57,58)/b7-6+,43-41?,44-42?,45-35+. The number of rotatable bonds is 12. The second-order valence-electron chi connectivity index (χ2n) is 12.8. The van der Waals surface area contributed by atoms with E-state index >= 15 is 0 Å². The summed E-state index contributed by atoms with van der Waals surface area (Å²) in [6, 6.07) is 19.4. The van der Waals surface area contributed by atoms with Crippen molar-refractivity contribution in [2.45, 2.75) is 14.7 Å². The summed E-state index contributed by atoms with van der Waals surface area (Å²) in [4.78, 5) is 10.1. The zero-order valence-electron chi connectivity index (χ0n) is 31.0. The van der Waals surface area contributed by atoms with Crippen LogP contribution in [0.2, 0.25) is 0 Å². The smallest absolute Gasteiger partial charge is 0.296 e. The number of nitrogens with zero attached hydrogens (tertiary/aromatic N) is 5. The van der Waals surface area contributed by atoms with E-state index in [1.165, 1.54) is 42.5 Å². The molecule has 0 amide bonds. The topological polar surface area (TPSA) is 386 Å². The third-order valence-corrected chi connectivity index (χ3v) is 12.1. The molecule has 0 unspecified atom stereocenters. The maximum atomic E-state index is 13.7. The lowest BCUT2D eigenvalue weighted by Crippen LogP contribution is -2.28. The SMILES string of the molecule is Nc1ccc(N=Nc2ccc(/C=C/c3ccc(N=Nc4c(S(=O)(=O)O)cc5c(c4N)C(=O)/C(=N/Nc4ccccc4)C(S(=O)(=O)O)=C5)cc3S(=O)(=O)O)c(S(=O)(=O)O)c2)c(N)c1. The average molecular weight is 924 g/mol. The van der Waals surface area contributed by atoms with E-state index in [2.05, 4.69) is 31.0 Å². The number of azo groups is 2. The number of allylic oxidation sites excluding steroid dienone is 1. The number of hydrazone groups is 1. The van der Waals surface area contributed by atoms with Crippen molar-refractivity contribution in [1.29, 1.82) is 0 Å². The Bertz CT molecular complexity index is 3320. The summed E-state index contributed by atoms with van der Waals surface area (Å²) in [5.41, 5.74) is 16.9. The molecular weight excluding hydrogens is 895 g/mol. The number of nitrogens with one attached hydrogen (secondary N) is 1. The van der Waals surface area contributed by atoms with Crippen LogP contribution in [0.3, 0.4) is 0 Å². The number of carbonyl (C=O) groups is 1. The van der Waals surface area contributed by atoms with Gasteiger partial charge in [-0.25, -0.2) is 0 Å². The summed E-state index contributed by atoms with van der Waals surface area (Å²) in [7, 11) is -20.5. The fourth-order valence-corrected chi connectivity index (χ4v) is 8.42. The van der Waals surface area contributed by atoms with Crippen molar-refractivity contribution in [2.75, 3.05) is 22.6 Å². The summed E-state index contributed by atoms with van der Waals surface area (Å²) in [5, 5.41) is 19.3. The summed E-state index contributed by atoms with van der Waals surface area (Å²) in [5.74, 6) is -1.24. The van der Waals surface area contributed by atoms with Gasteiger partial charge in [0.1, 0.15) is 31.0 Å². The minimum absolute atomic E-state index is 0.0339.